The summed E-state index contributed by atoms with van der Waals surface area (Å²) in [6, 6.07) is 0. The average molecular weight is 527 g/mol. The second-order valence-electron chi connectivity index (χ2n) is 8.71. The van der Waals surface area contributed by atoms with E-state index in [0.29, 0.717) is 0 Å². The van der Waals surface area contributed by atoms with Gasteiger partial charge in [-0.3, -0.25) is 0 Å². The molecule has 0 spiro atoms. The van der Waals surface area contributed by atoms with Crippen molar-refractivity contribution in [1.82, 2.24) is 9.80 Å². The van der Waals surface area contributed by atoms with Gasteiger partial charge in [0, 0.05) is 9.13 Å². The van der Waals surface area contributed by atoms with E-state index in [4.69, 9.17) is 0 Å². The smallest absolute Gasteiger partial charge is 0.303 e. The van der Waals surface area contributed by atoms with Gasteiger partial charge in [-0.25, -0.2) is 0 Å². The highest BCUT2D eigenvalue weighted by molar-refractivity contribution is 7.48. The van der Waals surface area contributed by atoms with Crippen LogP contribution in [0.15, 0.2) is 0 Å². The van der Waals surface area contributed by atoms with Crippen LogP contribution in [0.1, 0.15) is 119 Å². The number of unbranched alkanes of at least 4 members (excludes halogenated alkanes) is 6. The van der Waals surface area contributed by atoms with E-state index in [-0.39, 0.29) is 6.79 Å². The summed E-state index contributed by atoms with van der Waals surface area (Å²) in [6.07, 6.45) is 16.2. The summed E-state index contributed by atoms with van der Waals surface area (Å²) in [5.74, 6) is 0. The van der Waals surface area contributed by atoms with Crippen molar-refractivity contribution >= 4 is 16.5 Å². The Labute approximate surface area is 213 Å². The molecule has 34 heavy (non-hydrogen) atoms. The van der Waals surface area contributed by atoms with Gasteiger partial charge in [0.2, 0.25) is 0 Å². The molecule has 9 heteroatoms. The Bertz CT molecular complexity index is 383. The van der Waals surface area contributed by atoms with Gasteiger partial charge in [0.05, 0.1) is 0 Å². The molecule has 0 radical (unpaired) electrons. The lowest BCUT2D eigenvalue weighted by molar-refractivity contribution is 0.0870. The molecule has 1 rings (SSSR count). The molecular formula is C25H56N2O5P2+2. The summed E-state index contributed by atoms with van der Waals surface area (Å²) in [6.45, 7) is 21.3. The zero-order valence-electron chi connectivity index (χ0n) is 23.3. The molecule has 7 nitrogen and oxygen atoms in total. The summed E-state index contributed by atoms with van der Waals surface area (Å²) in [5.41, 5.74) is 0. The molecule has 204 valence electrons. The van der Waals surface area contributed by atoms with E-state index in [9.17, 15) is 9.13 Å². The predicted molar refractivity (Wildman–Crippen MR) is 146 cm³/mol. The highest BCUT2D eigenvalue weighted by Gasteiger charge is 2.46. The topological polar surface area (TPSA) is 68.3 Å². The fraction of sp³-hybridized carbons (Fsp3) is 1.00. The van der Waals surface area contributed by atoms with Gasteiger partial charge in [0.15, 0.2) is 4.31 Å². The lowest BCUT2D eigenvalue weighted by Crippen LogP contribution is -2.27. The van der Waals surface area contributed by atoms with Crippen LogP contribution in [0.25, 0.3) is 0 Å². The first-order valence-corrected chi connectivity index (χ1v) is 16.0. The van der Waals surface area contributed by atoms with Crippen molar-refractivity contribution in [3.8, 4) is 0 Å². The number of rotatable bonds is 18. The van der Waals surface area contributed by atoms with Crippen molar-refractivity contribution in [3.05, 3.63) is 0 Å². The molecule has 1 aliphatic heterocycles. The van der Waals surface area contributed by atoms with E-state index in [0.717, 1.165) is 0 Å². The maximum absolute atomic E-state index is 10.1. The highest BCUT2D eigenvalue weighted by Crippen LogP contribution is 2.44. The normalized spacial score (nSPS) is 15.6. The van der Waals surface area contributed by atoms with E-state index in [2.05, 4.69) is 64.7 Å². The molecule has 0 N–H and O–H groups in total. The Morgan fingerprint density at radius 2 is 0.735 bits per heavy atom. The van der Waals surface area contributed by atoms with E-state index in [1.165, 1.54) is 116 Å². The van der Waals surface area contributed by atoms with Crippen LogP contribution >= 0.6 is 16.5 Å². The summed E-state index contributed by atoms with van der Waals surface area (Å²) < 4.78 is 32.7. The molecule has 0 saturated carbocycles. The van der Waals surface area contributed by atoms with Gasteiger partial charge in [-0.15, -0.1) is 0 Å². The maximum atomic E-state index is 10.1. The first-order valence-electron chi connectivity index (χ1n) is 13.8. The summed E-state index contributed by atoms with van der Waals surface area (Å²) in [7, 11) is -4.38. The summed E-state index contributed by atoms with van der Waals surface area (Å²) >= 11 is 0. The van der Waals surface area contributed by atoms with Gasteiger partial charge in [0.1, 0.15) is 0 Å². The second-order valence-corrected chi connectivity index (χ2v) is 10.8. The third-order valence-corrected chi connectivity index (χ3v) is 7.12. The minimum absolute atomic E-state index is 0.218. The quantitative estimate of drug-likeness (QED) is 0.165. The lowest BCUT2D eigenvalue weighted by Gasteiger charge is -2.21. The third kappa shape index (κ3) is 26.6. The lowest BCUT2D eigenvalue weighted by atomic mass is 10.2. The van der Waals surface area contributed by atoms with Crippen molar-refractivity contribution in [1.29, 1.82) is 0 Å². The van der Waals surface area contributed by atoms with Gasteiger partial charge in [-0.2, -0.15) is 0 Å². The zero-order valence-corrected chi connectivity index (χ0v) is 25.1. The molecule has 0 aromatic carbocycles. The first kappa shape index (κ1) is 36.2. The SMILES string of the molecule is CCCCN(CCCC)CCCC.CCCCN(CCCC)CCCC.O=[P+]1OCO[P+](=O)O1. The van der Waals surface area contributed by atoms with Crippen molar-refractivity contribution in [2.75, 3.05) is 46.1 Å². The molecule has 0 aromatic rings. The van der Waals surface area contributed by atoms with Gasteiger partial charge in [-0.05, 0) is 77.8 Å². The van der Waals surface area contributed by atoms with Crippen molar-refractivity contribution < 1.29 is 22.5 Å². The fourth-order valence-electron chi connectivity index (χ4n) is 3.17. The maximum Gasteiger partial charge on any atom is 0.750 e. The minimum atomic E-state index is -2.19. The molecule has 2 unspecified atom stereocenters. The van der Waals surface area contributed by atoms with Crippen LogP contribution < -0.4 is 0 Å². The zero-order chi connectivity index (χ0) is 25.9. The number of hydrogen-bond acceptors (Lipinski definition) is 7. The molecule has 2 atom stereocenters. The van der Waals surface area contributed by atoms with Crippen molar-refractivity contribution in [2.45, 2.75) is 119 Å². The van der Waals surface area contributed by atoms with Crippen LogP contribution in [0.4, 0.5) is 0 Å². The number of nitrogens with zero attached hydrogens (tertiary/aromatic N) is 2. The standard InChI is InChI=1S/2C12H27N.CH2O5P2/c2*1-4-7-10-13(11-8-5-2)12-9-6-3;2-7-4-1-5-8(3)6-7/h2*4-12H2,1-3H3;1H2/q;;+2. The Balaban J connectivity index is 0. The average Bonchev–Trinajstić information content (AvgIpc) is 2.84. The Hall–Kier alpha value is -0.0000000000000000763. The van der Waals surface area contributed by atoms with Gasteiger partial charge in [0.25, 0.3) is 6.79 Å². The Morgan fingerprint density at radius 3 is 0.882 bits per heavy atom. The van der Waals surface area contributed by atoms with Crippen LogP contribution in [0, 0.1) is 0 Å². The van der Waals surface area contributed by atoms with Crippen molar-refractivity contribution in [3.63, 3.8) is 0 Å². The summed E-state index contributed by atoms with van der Waals surface area (Å²) in [5, 5.41) is 0. The monoisotopic (exact) mass is 526 g/mol. The molecule has 1 aliphatic rings. The molecule has 1 heterocycles. The summed E-state index contributed by atoms with van der Waals surface area (Å²) in [4.78, 5) is 5.27. The molecule has 0 amide bonds. The first-order chi connectivity index (χ1) is 16.5. The molecule has 1 saturated heterocycles. The van der Waals surface area contributed by atoms with Crippen LogP contribution in [-0.2, 0) is 22.5 Å². The van der Waals surface area contributed by atoms with Crippen molar-refractivity contribution in [2.24, 2.45) is 0 Å². The molecule has 0 aromatic heterocycles. The molecule has 0 aliphatic carbocycles. The minimum Gasteiger partial charge on any atom is -0.303 e. The third-order valence-electron chi connectivity index (χ3n) is 5.42. The highest BCUT2D eigenvalue weighted by atomic mass is 31.2. The largest absolute Gasteiger partial charge is 0.750 e. The predicted octanol–water partition coefficient (Wildman–Crippen LogP) is 8.70. The Kier molecular flexibility index (Phi) is 31.1. The van der Waals surface area contributed by atoms with Gasteiger partial charge >= 0.3 is 16.5 Å². The van der Waals surface area contributed by atoms with Gasteiger partial charge < -0.3 is 9.80 Å². The van der Waals surface area contributed by atoms with Crippen LogP contribution in [-0.4, -0.2) is 55.9 Å². The van der Waals surface area contributed by atoms with E-state index < -0.39 is 16.5 Å². The Morgan fingerprint density at radius 1 is 0.500 bits per heavy atom. The van der Waals surface area contributed by atoms with Crippen LogP contribution in [0.2, 0.25) is 0 Å². The van der Waals surface area contributed by atoms with E-state index in [1.54, 1.807) is 0 Å². The van der Waals surface area contributed by atoms with Crippen LogP contribution in [0.3, 0.4) is 0 Å². The van der Waals surface area contributed by atoms with Crippen LogP contribution in [0.5, 0.6) is 0 Å². The second kappa shape index (κ2) is 29.2. The number of hydrogen-bond donors (Lipinski definition) is 0. The van der Waals surface area contributed by atoms with Gasteiger partial charge in [-0.1, -0.05) is 89.1 Å². The molecule has 0 bridgehead atoms. The van der Waals surface area contributed by atoms with E-state index >= 15 is 0 Å². The molecule has 1 fully saturated rings. The van der Waals surface area contributed by atoms with E-state index in [1.807, 2.05) is 0 Å². The molecular weight excluding hydrogens is 470 g/mol. The fourth-order valence-corrected chi connectivity index (χ4v) is 4.35.